The van der Waals surface area contributed by atoms with Gasteiger partial charge in [0.2, 0.25) is 11.6 Å². The van der Waals surface area contributed by atoms with Crippen LogP contribution < -0.4 is 10.6 Å². The normalized spacial score (nSPS) is 14.5. The smallest absolute Gasteiger partial charge is 0.353 e. The molecule has 0 saturated heterocycles. The van der Waals surface area contributed by atoms with Crippen LogP contribution in [-0.2, 0) is 6.42 Å². The summed E-state index contributed by atoms with van der Waals surface area (Å²) in [5.41, 5.74) is 1.10. The highest BCUT2D eigenvalue weighted by atomic mass is 16.6. The SMILES string of the molecule is O=[N+]([O-])c1c(NCCc2ccccc2)ncnc1NC1CCCC1. The Bertz CT molecular complexity index is 687. The summed E-state index contributed by atoms with van der Waals surface area (Å²) in [4.78, 5) is 19.2. The Balaban J connectivity index is 1.70. The first-order chi connectivity index (χ1) is 11.7. The van der Waals surface area contributed by atoms with Crippen LogP contribution in [0.4, 0.5) is 17.3 Å². The molecule has 1 heterocycles. The van der Waals surface area contributed by atoms with Gasteiger partial charge in [-0.2, -0.15) is 0 Å². The minimum atomic E-state index is -0.415. The Morgan fingerprint density at radius 2 is 1.83 bits per heavy atom. The van der Waals surface area contributed by atoms with E-state index < -0.39 is 4.92 Å². The molecule has 2 N–H and O–H groups in total. The van der Waals surface area contributed by atoms with Crippen LogP contribution in [0.1, 0.15) is 31.2 Å². The van der Waals surface area contributed by atoms with Gasteiger partial charge < -0.3 is 10.6 Å². The van der Waals surface area contributed by atoms with E-state index in [9.17, 15) is 10.1 Å². The van der Waals surface area contributed by atoms with Gasteiger partial charge in [-0.3, -0.25) is 10.1 Å². The van der Waals surface area contributed by atoms with Crippen molar-refractivity contribution in [3.63, 3.8) is 0 Å². The first-order valence-corrected chi connectivity index (χ1v) is 8.28. The Labute approximate surface area is 140 Å². The molecule has 0 spiro atoms. The van der Waals surface area contributed by atoms with E-state index in [0.29, 0.717) is 12.4 Å². The van der Waals surface area contributed by atoms with Crippen LogP contribution in [0.3, 0.4) is 0 Å². The average molecular weight is 327 g/mol. The monoisotopic (exact) mass is 327 g/mol. The van der Waals surface area contributed by atoms with E-state index in [-0.39, 0.29) is 17.5 Å². The van der Waals surface area contributed by atoms with E-state index in [4.69, 9.17) is 0 Å². The first-order valence-electron chi connectivity index (χ1n) is 8.28. The van der Waals surface area contributed by atoms with Crippen LogP contribution in [0, 0.1) is 10.1 Å². The number of nitrogens with zero attached hydrogens (tertiary/aromatic N) is 3. The molecule has 7 heteroatoms. The number of benzene rings is 1. The molecule has 1 aromatic carbocycles. The highest BCUT2D eigenvalue weighted by Crippen LogP contribution is 2.31. The van der Waals surface area contributed by atoms with Gasteiger partial charge in [-0.05, 0) is 24.8 Å². The number of rotatable bonds is 7. The summed E-state index contributed by atoms with van der Waals surface area (Å²) < 4.78 is 0. The van der Waals surface area contributed by atoms with Crippen LogP contribution in [0.2, 0.25) is 0 Å². The molecule has 1 aromatic heterocycles. The fourth-order valence-electron chi connectivity index (χ4n) is 3.02. The van der Waals surface area contributed by atoms with Gasteiger partial charge in [0.15, 0.2) is 0 Å². The maximum atomic E-state index is 11.5. The molecule has 126 valence electrons. The van der Waals surface area contributed by atoms with Crippen molar-refractivity contribution in [2.45, 2.75) is 38.1 Å². The summed E-state index contributed by atoms with van der Waals surface area (Å²) >= 11 is 0. The number of aromatic nitrogens is 2. The molecule has 7 nitrogen and oxygen atoms in total. The summed E-state index contributed by atoms with van der Waals surface area (Å²) in [5, 5.41) is 17.8. The van der Waals surface area contributed by atoms with Gasteiger partial charge in [0.25, 0.3) is 0 Å². The lowest BCUT2D eigenvalue weighted by atomic mass is 10.1. The average Bonchev–Trinajstić information content (AvgIpc) is 3.09. The second-order valence-electron chi connectivity index (χ2n) is 5.96. The summed E-state index contributed by atoms with van der Waals surface area (Å²) in [6, 6.07) is 10.2. The van der Waals surface area contributed by atoms with Gasteiger partial charge in [0.05, 0.1) is 4.92 Å². The molecule has 0 unspecified atom stereocenters. The lowest BCUT2D eigenvalue weighted by molar-refractivity contribution is -0.383. The van der Waals surface area contributed by atoms with E-state index in [2.05, 4.69) is 20.6 Å². The van der Waals surface area contributed by atoms with Gasteiger partial charge in [0, 0.05) is 12.6 Å². The zero-order valence-electron chi connectivity index (χ0n) is 13.4. The fourth-order valence-corrected chi connectivity index (χ4v) is 3.02. The molecule has 24 heavy (non-hydrogen) atoms. The molecule has 0 atom stereocenters. The Morgan fingerprint density at radius 3 is 2.54 bits per heavy atom. The van der Waals surface area contributed by atoms with E-state index in [1.54, 1.807) is 0 Å². The van der Waals surface area contributed by atoms with Crippen molar-refractivity contribution >= 4 is 17.3 Å². The molecular weight excluding hydrogens is 306 g/mol. The highest BCUT2D eigenvalue weighted by molar-refractivity contribution is 5.69. The summed E-state index contributed by atoms with van der Waals surface area (Å²) in [7, 11) is 0. The molecule has 1 aliphatic carbocycles. The van der Waals surface area contributed by atoms with E-state index in [0.717, 1.165) is 32.1 Å². The van der Waals surface area contributed by atoms with Crippen molar-refractivity contribution in [3.05, 3.63) is 52.3 Å². The van der Waals surface area contributed by atoms with Gasteiger partial charge in [-0.1, -0.05) is 43.2 Å². The van der Waals surface area contributed by atoms with Crippen LogP contribution in [0.25, 0.3) is 0 Å². The van der Waals surface area contributed by atoms with Gasteiger partial charge >= 0.3 is 5.69 Å². The molecule has 1 saturated carbocycles. The lowest BCUT2D eigenvalue weighted by Gasteiger charge is -2.14. The molecular formula is C17H21N5O2. The number of anilines is 2. The van der Waals surface area contributed by atoms with Crippen molar-refractivity contribution in [2.75, 3.05) is 17.2 Å². The maximum absolute atomic E-state index is 11.5. The first kappa shape index (κ1) is 16.2. The van der Waals surface area contributed by atoms with Gasteiger partial charge in [0.1, 0.15) is 6.33 Å². The topological polar surface area (TPSA) is 93.0 Å². The minimum absolute atomic E-state index is 0.0718. The second kappa shape index (κ2) is 7.72. The number of hydrogen-bond donors (Lipinski definition) is 2. The quantitative estimate of drug-likeness (QED) is 0.598. The molecule has 2 aromatic rings. The maximum Gasteiger partial charge on any atom is 0.353 e. The van der Waals surface area contributed by atoms with Crippen LogP contribution in [0.5, 0.6) is 0 Å². The van der Waals surface area contributed by atoms with E-state index in [1.807, 2.05) is 30.3 Å². The third kappa shape index (κ3) is 3.98. The van der Waals surface area contributed by atoms with Crippen molar-refractivity contribution in [2.24, 2.45) is 0 Å². The summed E-state index contributed by atoms with van der Waals surface area (Å²) in [5.74, 6) is 0.579. The Morgan fingerprint density at radius 1 is 1.12 bits per heavy atom. The van der Waals surface area contributed by atoms with Crippen LogP contribution >= 0.6 is 0 Å². The van der Waals surface area contributed by atoms with Crippen LogP contribution in [-0.4, -0.2) is 27.5 Å². The molecule has 0 aliphatic heterocycles. The largest absolute Gasteiger partial charge is 0.364 e. The second-order valence-corrected chi connectivity index (χ2v) is 5.96. The van der Waals surface area contributed by atoms with Gasteiger partial charge in [-0.25, -0.2) is 9.97 Å². The zero-order chi connectivity index (χ0) is 16.8. The van der Waals surface area contributed by atoms with E-state index >= 15 is 0 Å². The molecule has 0 bridgehead atoms. The van der Waals surface area contributed by atoms with Crippen molar-refractivity contribution in [1.82, 2.24) is 9.97 Å². The predicted molar refractivity (Wildman–Crippen MR) is 93.2 cm³/mol. The molecule has 0 amide bonds. The summed E-state index contributed by atoms with van der Waals surface area (Å²) in [6.45, 7) is 0.574. The fraction of sp³-hybridized carbons (Fsp3) is 0.412. The Kier molecular flexibility index (Phi) is 5.20. The van der Waals surface area contributed by atoms with Crippen molar-refractivity contribution in [1.29, 1.82) is 0 Å². The summed E-state index contributed by atoms with van der Waals surface area (Å²) in [6.07, 6.45) is 6.50. The van der Waals surface area contributed by atoms with E-state index in [1.165, 1.54) is 11.9 Å². The van der Waals surface area contributed by atoms with Crippen molar-refractivity contribution < 1.29 is 4.92 Å². The number of nitro groups is 1. The Hall–Kier alpha value is -2.70. The molecule has 0 radical (unpaired) electrons. The predicted octanol–water partition coefficient (Wildman–Crippen LogP) is 3.39. The molecule has 1 aliphatic rings. The third-order valence-electron chi connectivity index (χ3n) is 4.25. The number of nitrogens with one attached hydrogen (secondary N) is 2. The van der Waals surface area contributed by atoms with Crippen LogP contribution in [0.15, 0.2) is 36.7 Å². The standard InChI is InChI=1S/C17H21N5O2/c23-22(24)15-16(18-11-10-13-6-2-1-3-7-13)19-12-20-17(15)21-14-8-4-5-9-14/h1-3,6-7,12,14H,4-5,8-11H2,(H2,18,19,20,21). The van der Waals surface area contributed by atoms with Crippen molar-refractivity contribution in [3.8, 4) is 0 Å². The molecule has 3 rings (SSSR count). The molecule has 1 fully saturated rings. The minimum Gasteiger partial charge on any atom is -0.364 e. The lowest BCUT2D eigenvalue weighted by Crippen LogP contribution is -2.18. The van der Waals surface area contributed by atoms with Gasteiger partial charge in [-0.15, -0.1) is 0 Å². The highest BCUT2D eigenvalue weighted by Gasteiger charge is 2.25. The zero-order valence-corrected chi connectivity index (χ0v) is 13.4. The number of hydrogen-bond acceptors (Lipinski definition) is 6. The third-order valence-corrected chi connectivity index (χ3v) is 4.25.